The van der Waals surface area contributed by atoms with Gasteiger partial charge in [0.05, 0.1) is 5.02 Å². The molecule has 3 rings (SSSR count). The number of hydrogen-bond donors (Lipinski definition) is 0. The lowest BCUT2D eigenvalue weighted by Crippen LogP contribution is -2.04. The van der Waals surface area contributed by atoms with Gasteiger partial charge in [-0.2, -0.15) is 0 Å². The van der Waals surface area contributed by atoms with Crippen LogP contribution in [0.3, 0.4) is 0 Å². The maximum absolute atomic E-state index is 6.15. The van der Waals surface area contributed by atoms with Crippen molar-refractivity contribution in [2.24, 2.45) is 0 Å². The van der Waals surface area contributed by atoms with E-state index in [0.29, 0.717) is 10.9 Å². The third kappa shape index (κ3) is 1.95. The lowest BCUT2D eigenvalue weighted by Gasteiger charge is -2.17. The highest BCUT2D eigenvalue weighted by Crippen LogP contribution is 2.35. The molecule has 1 aliphatic carbocycles. The molecule has 17 heavy (non-hydrogen) atoms. The summed E-state index contributed by atoms with van der Waals surface area (Å²) in [5, 5.41) is 0.667. The van der Waals surface area contributed by atoms with E-state index in [1.807, 2.05) is 19.1 Å². The average Bonchev–Trinajstić information content (AvgIpc) is 2.81. The van der Waals surface area contributed by atoms with Gasteiger partial charge in [-0.15, -0.1) is 0 Å². The zero-order chi connectivity index (χ0) is 11.8. The van der Waals surface area contributed by atoms with Gasteiger partial charge in [-0.3, -0.25) is 0 Å². The summed E-state index contributed by atoms with van der Waals surface area (Å²) in [5.41, 5.74) is 2.82. The first kappa shape index (κ1) is 11.1. The molecule has 1 fully saturated rings. The molecule has 90 valence electrons. The Bertz CT molecular complexity index is 501. The van der Waals surface area contributed by atoms with Crippen LogP contribution < -0.4 is 0 Å². The van der Waals surface area contributed by atoms with Gasteiger partial charge in [0.15, 0.2) is 11.5 Å². The highest BCUT2D eigenvalue weighted by molar-refractivity contribution is 6.34. The van der Waals surface area contributed by atoms with Crippen molar-refractivity contribution >= 4 is 22.7 Å². The van der Waals surface area contributed by atoms with E-state index >= 15 is 0 Å². The molecule has 0 radical (unpaired) electrons. The van der Waals surface area contributed by atoms with E-state index in [2.05, 4.69) is 4.98 Å². The van der Waals surface area contributed by atoms with Gasteiger partial charge in [-0.1, -0.05) is 36.9 Å². The van der Waals surface area contributed by atoms with Crippen molar-refractivity contribution < 1.29 is 4.42 Å². The summed E-state index contributed by atoms with van der Waals surface area (Å²) < 4.78 is 5.88. The van der Waals surface area contributed by atoms with Gasteiger partial charge in [-0.25, -0.2) is 4.98 Å². The second-order valence-electron chi connectivity index (χ2n) is 4.93. The summed E-state index contributed by atoms with van der Waals surface area (Å²) in [5.74, 6) is 1.38. The number of fused-ring (bicyclic) bond motifs is 1. The first-order valence-electron chi connectivity index (χ1n) is 6.31. The number of hydrogen-bond acceptors (Lipinski definition) is 2. The second kappa shape index (κ2) is 4.34. The van der Waals surface area contributed by atoms with Crippen molar-refractivity contribution in [1.82, 2.24) is 4.98 Å². The van der Waals surface area contributed by atoms with E-state index in [-0.39, 0.29) is 0 Å². The van der Waals surface area contributed by atoms with Crippen LogP contribution in [0.4, 0.5) is 0 Å². The molecule has 0 bridgehead atoms. The molecule has 1 aliphatic rings. The Morgan fingerprint density at radius 1 is 1.24 bits per heavy atom. The van der Waals surface area contributed by atoms with E-state index in [4.69, 9.17) is 16.0 Å². The molecule has 3 heteroatoms. The molecule has 0 atom stereocenters. The molecular formula is C14H16ClNO. The van der Waals surface area contributed by atoms with Crippen LogP contribution in [0.25, 0.3) is 11.1 Å². The Hall–Kier alpha value is -1.02. The number of aromatic nitrogens is 1. The minimum absolute atomic E-state index is 0.492. The van der Waals surface area contributed by atoms with Crippen LogP contribution in [0.5, 0.6) is 0 Å². The fourth-order valence-electron chi connectivity index (χ4n) is 2.64. The van der Waals surface area contributed by atoms with Crippen molar-refractivity contribution in [2.75, 3.05) is 0 Å². The minimum atomic E-state index is 0.492. The van der Waals surface area contributed by atoms with Crippen LogP contribution in [-0.2, 0) is 0 Å². The van der Waals surface area contributed by atoms with Crippen LogP contribution in [-0.4, -0.2) is 4.98 Å². The average molecular weight is 250 g/mol. The second-order valence-corrected chi connectivity index (χ2v) is 5.34. The Balaban J connectivity index is 2.06. The van der Waals surface area contributed by atoms with E-state index in [1.165, 1.54) is 32.1 Å². The molecule has 1 saturated carbocycles. The highest BCUT2D eigenvalue weighted by Gasteiger charge is 2.22. The van der Waals surface area contributed by atoms with Gasteiger partial charge in [0.25, 0.3) is 0 Å². The molecule has 2 nitrogen and oxygen atoms in total. The number of nitrogens with zero attached hydrogens (tertiary/aromatic N) is 1. The van der Waals surface area contributed by atoms with Gasteiger partial charge in [0.1, 0.15) is 5.52 Å². The number of benzene rings is 1. The van der Waals surface area contributed by atoms with Crippen LogP contribution in [0, 0.1) is 6.92 Å². The molecule has 0 aliphatic heterocycles. The number of rotatable bonds is 1. The summed E-state index contributed by atoms with van der Waals surface area (Å²) in [7, 11) is 0. The minimum Gasteiger partial charge on any atom is -0.439 e. The molecule has 1 aromatic carbocycles. The molecule has 1 heterocycles. The van der Waals surface area contributed by atoms with E-state index in [9.17, 15) is 0 Å². The molecule has 0 N–H and O–H groups in total. The number of oxazole rings is 1. The number of aryl methyl sites for hydroxylation is 1. The van der Waals surface area contributed by atoms with E-state index < -0.39 is 0 Å². The van der Waals surface area contributed by atoms with Gasteiger partial charge in [0.2, 0.25) is 0 Å². The summed E-state index contributed by atoms with van der Waals surface area (Å²) in [4.78, 5) is 4.65. The fraction of sp³-hybridized carbons (Fsp3) is 0.500. The van der Waals surface area contributed by atoms with E-state index in [1.54, 1.807) is 0 Å². The van der Waals surface area contributed by atoms with Crippen LogP contribution >= 0.6 is 11.6 Å². The summed E-state index contributed by atoms with van der Waals surface area (Å²) in [6.07, 6.45) is 6.32. The molecular weight excluding hydrogens is 234 g/mol. The summed E-state index contributed by atoms with van der Waals surface area (Å²) >= 11 is 6.15. The topological polar surface area (TPSA) is 26.0 Å². The molecule has 0 saturated heterocycles. The van der Waals surface area contributed by atoms with Gasteiger partial charge >= 0.3 is 0 Å². The molecule has 2 aromatic rings. The Labute approximate surface area is 106 Å². The van der Waals surface area contributed by atoms with Crippen molar-refractivity contribution in [1.29, 1.82) is 0 Å². The fourth-order valence-corrected chi connectivity index (χ4v) is 2.83. The van der Waals surface area contributed by atoms with Gasteiger partial charge in [-0.05, 0) is 31.4 Å². The monoisotopic (exact) mass is 249 g/mol. The van der Waals surface area contributed by atoms with Crippen molar-refractivity contribution in [3.05, 3.63) is 28.6 Å². The lowest BCUT2D eigenvalue weighted by molar-refractivity contribution is 0.373. The summed E-state index contributed by atoms with van der Waals surface area (Å²) in [6, 6.07) is 3.88. The predicted molar refractivity (Wildman–Crippen MR) is 69.6 cm³/mol. The Morgan fingerprint density at radius 3 is 2.71 bits per heavy atom. The van der Waals surface area contributed by atoms with Crippen LogP contribution in [0.1, 0.15) is 49.5 Å². The van der Waals surface area contributed by atoms with Crippen molar-refractivity contribution in [3.8, 4) is 0 Å². The SMILES string of the molecule is Cc1ccc(Cl)c2oc(C3CCCCC3)nc12. The largest absolute Gasteiger partial charge is 0.439 e. The van der Waals surface area contributed by atoms with Gasteiger partial charge in [0, 0.05) is 5.92 Å². The highest BCUT2D eigenvalue weighted by atomic mass is 35.5. The lowest BCUT2D eigenvalue weighted by atomic mass is 9.89. The molecule has 0 unspecified atom stereocenters. The molecule has 0 spiro atoms. The van der Waals surface area contributed by atoms with Gasteiger partial charge < -0.3 is 4.42 Å². The predicted octanol–water partition coefficient (Wildman–Crippen LogP) is 4.84. The Kier molecular flexibility index (Phi) is 2.83. The van der Waals surface area contributed by atoms with Crippen molar-refractivity contribution in [2.45, 2.75) is 44.9 Å². The van der Waals surface area contributed by atoms with Crippen molar-refractivity contribution in [3.63, 3.8) is 0 Å². The van der Waals surface area contributed by atoms with Crippen LogP contribution in [0.2, 0.25) is 5.02 Å². The van der Waals surface area contributed by atoms with Crippen LogP contribution in [0.15, 0.2) is 16.5 Å². The van der Waals surface area contributed by atoms with E-state index in [0.717, 1.165) is 22.6 Å². The first-order valence-corrected chi connectivity index (χ1v) is 6.69. The maximum Gasteiger partial charge on any atom is 0.198 e. The molecule has 0 amide bonds. The molecule has 1 aromatic heterocycles. The normalized spacial score (nSPS) is 17.8. The standard InChI is InChI=1S/C14H16ClNO/c1-9-7-8-11(15)13-12(9)16-14(17-13)10-5-3-2-4-6-10/h7-8,10H,2-6H2,1H3. The quantitative estimate of drug-likeness (QED) is 0.723. The third-order valence-corrected chi connectivity index (χ3v) is 3.97. The Morgan fingerprint density at radius 2 is 2.00 bits per heavy atom. The summed E-state index contributed by atoms with van der Waals surface area (Å²) in [6.45, 7) is 2.05. The zero-order valence-electron chi connectivity index (χ0n) is 10.0. The third-order valence-electron chi connectivity index (χ3n) is 3.67. The smallest absolute Gasteiger partial charge is 0.198 e. The first-order chi connectivity index (χ1) is 8.25. The number of halogens is 1. The zero-order valence-corrected chi connectivity index (χ0v) is 10.8. The maximum atomic E-state index is 6.15.